The monoisotopic (exact) mass is 336 g/mol. The molecule has 7 atom stereocenters. The van der Waals surface area contributed by atoms with Crippen LogP contribution in [0.2, 0.25) is 0 Å². The van der Waals surface area contributed by atoms with E-state index in [-0.39, 0.29) is 12.8 Å². The molecule has 0 aromatic heterocycles. The lowest BCUT2D eigenvalue weighted by Crippen LogP contribution is -2.39. The molecule has 0 spiro atoms. The predicted octanol–water partition coefficient (Wildman–Crippen LogP) is 0.745. The summed E-state index contributed by atoms with van der Waals surface area (Å²) in [5.74, 6) is -1.44. The van der Waals surface area contributed by atoms with Crippen LogP contribution >= 0.6 is 7.60 Å². The SMILES string of the molecule is [B][C@@H]1O[C@H](CC(C)(CC)OP(=O)(O)C(O)CC)[C@@H](O)[C@H]1OC. The van der Waals surface area contributed by atoms with Gasteiger partial charge in [0.25, 0.3) is 0 Å². The summed E-state index contributed by atoms with van der Waals surface area (Å²) in [7, 11) is 2.98. The second-order valence-electron chi connectivity index (χ2n) is 5.88. The Morgan fingerprint density at radius 1 is 1.45 bits per heavy atom. The Kier molecular flexibility index (Phi) is 7.08. The lowest BCUT2D eigenvalue weighted by molar-refractivity contribution is -0.0416. The number of rotatable bonds is 8. The van der Waals surface area contributed by atoms with Crippen LogP contribution in [0.4, 0.5) is 0 Å². The number of methoxy groups -OCH3 is 1. The third-order valence-electron chi connectivity index (χ3n) is 4.12. The van der Waals surface area contributed by atoms with Crippen molar-refractivity contribution in [3.05, 3.63) is 0 Å². The Bertz CT molecular complexity index is 410. The quantitative estimate of drug-likeness (QED) is 0.444. The summed E-state index contributed by atoms with van der Waals surface area (Å²) in [6.07, 6.45) is -1.64. The summed E-state index contributed by atoms with van der Waals surface area (Å²) < 4.78 is 28.0. The predicted molar refractivity (Wildman–Crippen MR) is 81.7 cm³/mol. The minimum atomic E-state index is -4.18. The average Bonchev–Trinajstić information content (AvgIpc) is 2.71. The molecule has 1 aliphatic heterocycles. The molecule has 1 fully saturated rings. The molecule has 0 aromatic carbocycles. The van der Waals surface area contributed by atoms with Crippen LogP contribution in [-0.4, -0.2) is 65.8 Å². The van der Waals surface area contributed by atoms with Gasteiger partial charge in [-0.2, -0.15) is 0 Å². The molecule has 22 heavy (non-hydrogen) atoms. The Labute approximate surface area is 132 Å². The van der Waals surface area contributed by atoms with Crippen LogP contribution in [0.3, 0.4) is 0 Å². The lowest BCUT2D eigenvalue weighted by Gasteiger charge is -2.34. The molecule has 9 heteroatoms. The molecular formula is C13H26BO7P. The molecular weight excluding hydrogens is 310 g/mol. The van der Waals surface area contributed by atoms with Crippen LogP contribution in [-0.2, 0) is 18.6 Å². The molecule has 7 nitrogen and oxygen atoms in total. The van der Waals surface area contributed by atoms with Crippen LogP contribution in [0.5, 0.6) is 0 Å². The van der Waals surface area contributed by atoms with Crippen molar-refractivity contribution in [1.29, 1.82) is 0 Å². The summed E-state index contributed by atoms with van der Waals surface area (Å²) in [5, 5.41) is 19.8. The molecule has 1 saturated heterocycles. The molecule has 0 aliphatic carbocycles. The highest BCUT2D eigenvalue weighted by Gasteiger charge is 2.46. The second kappa shape index (κ2) is 7.75. The van der Waals surface area contributed by atoms with Gasteiger partial charge in [0.2, 0.25) is 0 Å². The maximum atomic E-state index is 12.1. The summed E-state index contributed by atoms with van der Waals surface area (Å²) in [4.78, 5) is 9.87. The van der Waals surface area contributed by atoms with E-state index in [9.17, 15) is 19.7 Å². The van der Waals surface area contributed by atoms with E-state index in [2.05, 4.69) is 0 Å². The van der Waals surface area contributed by atoms with Gasteiger partial charge in [-0.1, -0.05) is 13.8 Å². The average molecular weight is 336 g/mol. The van der Waals surface area contributed by atoms with Crippen molar-refractivity contribution in [2.24, 2.45) is 0 Å². The van der Waals surface area contributed by atoms with Gasteiger partial charge < -0.3 is 29.1 Å². The maximum Gasteiger partial charge on any atom is 0.356 e. The minimum Gasteiger partial charge on any atom is -0.388 e. The molecule has 0 amide bonds. The van der Waals surface area contributed by atoms with Crippen LogP contribution in [0, 0.1) is 0 Å². The summed E-state index contributed by atoms with van der Waals surface area (Å²) in [5.41, 5.74) is -1.05. The summed E-state index contributed by atoms with van der Waals surface area (Å²) in [6.45, 7) is 5.01. The third kappa shape index (κ3) is 4.54. The van der Waals surface area contributed by atoms with Crippen molar-refractivity contribution in [3.63, 3.8) is 0 Å². The summed E-state index contributed by atoms with van der Waals surface area (Å²) in [6, 6.07) is -0.770. The fraction of sp³-hybridized carbons (Fsp3) is 1.00. The van der Waals surface area contributed by atoms with E-state index >= 15 is 0 Å². The van der Waals surface area contributed by atoms with Crippen molar-refractivity contribution in [2.45, 2.75) is 75.8 Å². The van der Waals surface area contributed by atoms with Crippen LogP contribution in [0.15, 0.2) is 0 Å². The Morgan fingerprint density at radius 3 is 2.45 bits per heavy atom. The molecule has 1 aliphatic rings. The fourth-order valence-electron chi connectivity index (χ4n) is 2.49. The lowest BCUT2D eigenvalue weighted by atomic mass is 9.89. The Morgan fingerprint density at radius 2 is 2.05 bits per heavy atom. The highest BCUT2D eigenvalue weighted by Crippen LogP contribution is 2.52. The number of aliphatic hydroxyl groups is 2. The number of aliphatic hydroxyl groups excluding tert-OH is 2. The minimum absolute atomic E-state index is 0.104. The van der Waals surface area contributed by atoms with Gasteiger partial charge in [-0.3, -0.25) is 4.57 Å². The molecule has 1 heterocycles. The van der Waals surface area contributed by atoms with E-state index in [4.69, 9.17) is 21.8 Å². The van der Waals surface area contributed by atoms with E-state index in [1.807, 2.05) is 0 Å². The Balaban J connectivity index is 2.81. The zero-order valence-corrected chi connectivity index (χ0v) is 14.4. The first-order chi connectivity index (χ1) is 10.1. The van der Waals surface area contributed by atoms with Crippen molar-refractivity contribution >= 4 is 15.4 Å². The van der Waals surface area contributed by atoms with Crippen molar-refractivity contribution in [2.75, 3.05) is 7.11 Å². The molecule has 3 unspecified atom stereocenters. The smallest absolute Gasteiger partial charge is 0.356 e. The van der Waals surface area contributed by atoms with E-state index < -0.39 is 43.4 Å². The fourth-order valence-corrected chi connectivity index (χ4v) is 3.91. The molecule has 0 bridgehead atoms. The molecule has 3 N–H and O–H groups in total. The van der Waals surface area contributed by atoms with Crippen molar-refractivity contribution in [3.8, 4) is 0 Å². The maximum absolute atomic E-state index is 12.1. The normalized spacial score (nSPS) is 35.8. The van der Waals surface area contributed by atoms with Crippen LogP contribution in [0.25, 0.3) is 0 Å². The topological polar surface area (TPSA) is 105 Å². The zero-order valence-electron chi connectivity index (χ0n) is 13.5. The zero-order chi connectivity index (χ0) is 17.1. The highest BCUT2D eigenvalue weighted by molar-refractivity contribution is 7.53. The van der Waals surface area contributed by atoms with E-state index in [1.54, 1.807) is 20.8 Å². The van der Waals surface area contributed by atoms with Gasteiger partial charge in [0.15, 0.2) is 5.85 Å². The summed E-state index contributed by atoms with van der Waals surface area (Å²) >= 11 is 0. The van der Waals surface area contributed by atoms with E-state index in [1.165, 1.54) is 7.11 Å². The van der Waals surface area contributed by atoms with Gasteiger partial charge in [0.1, 0.15) is 20.1 Å². The molecule has 2 radical (unpaired) electrons. The van der Waals surface area contributed by atoms with Gasteiger partial charge in [0, 0.05) is 19.5 Å². The molecule has 0 saturated carbocycles. The molecule has 128 valence electrons. The van der Waals surface area contributed by atoms with Gasteiger partial charge in [-0.25, -0.2) is 0 Å². The number of hydrogen-bond donors (Lipinski definition) is 3. The van der Waals surface area contributed by atoms with Crippen LogP contribution < -0.4 is 0 Å². The first-order valence-corrected chi connectivity index (χ1v) is 9.08. The standard InChI is InChI=1S/C13H26BO7P/c1-5-9(15)22(17,18)21-13(3,6-2)7-8-10(16)11(19-4)12(14)20-8/h8-12,15-16H,5-7H2,1-4H3,(H,17,18)/t8-,9?,10-,11-,12-,13?/m1/s1. The van der Waals surface area contributed by atoms with E-state index in [0.717, 1.165) is 0 Å². The largest absolute Gasteiger partial charge is 0.388 e. The van der Waals surface area contributed by atoms with Gasteiger partial charge in [-0.15, -0.1) is 0 Å². The van der Waals surface area contributed by atoms with Gasteiger partial charge in [-0.05, 0) is 19.8 Å². The van der Waals surface area contributed by atoms with Crippen molar-refractivity contribution < 1.29 is 33.7 Å². The second-order valence-corrected chi connectivity index (χ2v) is 7.79. The van der Waals surface area contributed by atoms with Crippen molar-refractivity contribution in [1.82, 2.24) is 0 Å². The number of hydrogen-bond acceptors (Lipinski definition) is 6. The highest BCUT2D eigenvalue weighted by atomic mass is 31.2. The molecule has 0 aromatic rings. The Hall–Kier alpha value is 0.0549. The van der Waals surface area contributed by atoms with Crippen LogP contribution in [0.1, 0.15) is 40.0 Å². The van der Waals surface area contributed by atoms with E-state index in [0.29, 0.717) is 6.42 Å². The third-order valence-corrected chi connectivity index (χ3v) is 5.94. The molecule has 1 rings (SSSR count). The first kappa shape index (κ1) is 20.1. The first-order valence-electron chi connectivity index (χ1n) is 7.43. The number of ether oxygens (including phenoxy) is 2. The van der Waals surface area contributed by atoms with Gasteiger partial charge >= 0.3 is 7.60 Å². The van der Waals surface area contributed by atoms with Gasteiger partial charge in [0.05, 0.1) is 11.7 Å².